The summed E-state index contributed by atoms with van der Waals surface area (Å²) in [5.74, 6) is -0.657. The monoisotopic (exact) mass is 404 g/mol. The van der Waals surface area contributed by atoms with Gasteiger partial charge in [-0.05, 0) is 35.4 Å². The number of thiazole rings is 1. The second-order valence-electron chi connectivity index (χ2n) is 6.16. The first kappa shape index (κ1) is 19.2. The van der Waals surface area contributed by atoms with Crippen LogP contribution in [0.4, 0.5) is 9.52 Å². The highest BCUT2D eigenvalue weighted by Crippen LogP contribution is 2.22. The van der Waals surface area contributed by atoms with Gasteiger partial charge in [0.15, 0.2) is 15.0 Å². The van der Waals surface area contributed by atoms with E-state index < -0.39 is 9.84 Å². The minimum Gasteiger partial charge on any atom is -0.298 e. The van der Waals surface area contributed by atoms with Crippen molar-refractivity contribution in [1.82, 2.24) is 4.98 Å². The zero-order valence-corrected chi connectivity index (χ0v) is 16.1. The minimum absolute atomic E-state index is 0.0614. The van der Waals surface area contributed by atoms with Gasteiger partial charge in [0.2, 0.25) is 0 Å². The Morgan fingerprint density at radius 3 is 2.33 bits per heavy atom. The average molecular weight is 404 g/mol. The van der Waals surface area contributed by atoms with Gasteiger partial charge in [0, 0.05) is 29.3 Å². The van der Waals surface area contributed by atoms with E-state index in [9.17, 15) is 17.6 Å². The van der Waals surface area contributed by atoms with Crippen LogP contribution in [0.15, 0.2) is 54.7 Å². The molecule has 1 amide bonds. The fourth-order valence-electron chi connectivity index (χ4n) is 2.47. The highest BCUT2D eigenvalue weighted by molar-refractivity contribution is 7.89. The topological polar surface area (TPSA) is 76.1 Å². The van der Waals surface area contributed by atoms with E-state index >= 15 is 0 Å². The molecule has 2 aromatic carbocycles. The maximum Gasteiger partial charge on any atom is 0.257 e. The minimum atomic E-state index is -3.11. The van der Waals surface area contributed by atoms with Crippen LogP contribution < -0.4 is 5.32 Å². The van der Waals surface area contributed by atoms with Crippen molar-refractivity contribution >= 4 is 32.2 Å². The van der Waals surface area contributed by atoms with Gasteiger partial charge in [-0.3, -0.25) is 10.1 Å². The maximum absolute atomic E-state index is 13.0. The van der Waals surface area contributed by atoms with Gasteiger partial charge < -0.3 is 0 Å². The first-order chi connectivity index (χ1) is 12.8. The van der Waals surface area contributed by atoms with Crippen molar-refractivity contribution in [3.05, 3.63) is 82.1 Å². The van der Waals surface area contributed by atoms with E-state index in [1.807, 2.05) is 0 Å². The number of amides is 1. The summed E-state index contributed by atoms with van der Waals surface area (Å²) >= 11 is 1.35. The van der Waals surface area contributed by atoms with Crippen molar-refractivity contribution in [3.8, 4) is 0 Å². The molecule has 27 heavy (non-hydrogen) atoms. The number of sulfone groups is 1. The molecule has 0 radical (unpaired) electrons. The Bertz CT molecular complexity index is 1040. The molecule has 3 rings (SSSR count). The second-order valence-corrected chi connectivity index (χ2v) is 9.41. The molecule has 8 heteroatoms. The Morgan fingerprint density at radius 1 is 1.07 bits per heavy atom. The van der Waals surface area contributed by atoms with Gasteiger partial charge in [0.25, 0.3) is 5.91 Å². The lowest BCUT2D eigenvalue weighted by molar-refractivity contribution is 0.102. The lowest BCUT2D eigenvalue weighted by atomic mass is 10.1. The molecule has 1 heterocycles. The number of nitrogens with zero attached hydrogens (tertiary/aromatic N) is 1. The normalized spacial score (nSPS) is 11.3. The molecule has 0 bridgehead atoms. The molecule has 0 spiro atoms. The first-order valence-corrected chi connectivity index (χ1v) is 10.9. The van der Waals surface area contributed by atoms with Gasteiger partial charge in [0.1, 0.15) is 5.82 Å². The summed E-state index contributed by atoms with van der Waals surface area (Å²) in [6.45, 7) is 0. The average Bonchev–Trinajstić information content (AvgIpc) is 3.03. The van der Waals surface area contributed by atoms with Crippen LogP contribution in [0.5, 0.6) is 0 Å². The molecule has 0 aliphatic heterocycles. The summed E-state index contributed by atoms with van der Waals surface area (Å²) in [4.78, 5) is 17.5. The van der Waals surface area contributed by atoms with Crippen LogP contribution in [0.2, 0.25) is 0 Å². The highest BCUT2D eigenvalue weighted by Gasteiger charge is 2.11. The van der Waals surface area contributed by atoms with Gasteiger partial charge in [-0.2, -0.15) is 0 Å². The van der Waals surface area contributed by atoms with Crippen LogP contribution in [0.1, 0.15) is 26.4 Å². The van der Waals surface area contributed by atoms with Gasteiger partial charge in [-0.1, -0.05) is 24.3 Å². The van der Waals surface area contributed by atoms with Gasteiger partial charge in [-0.25, -0.2) is 17.8 Å². The predicted octanol–water partition coefficient (Wildman–Crippen LogP) is 3.67. The van der Waals surface area contributed by atoms with Gasteiger partial charge in [0.05, 0.1) is 5.75 Å². The lowest BCUT2D eigenvalue weighted by Gasteiger charge is -2.04. The predicted molar refractivity (Wildman–Crippen MR) is 104 cm³/mol. The van der Waals surface area contributed by atoms with Crippen LogP contribution in [-0.4, -0.2) is 25.6 Å². The van der Waals surface area contributed by atoms with Crippen LogP contribution in [-0.2, 0) is 22.0 Å². The molecule has 0 aliphatic rings. The van der Waals surface area contributed by atoms with Gasteiger partial charge >= 0.3 is 0 Å². The molecule has 3 aromatic rings. The largest absolute Gasteiger partial charge is 0.298 e. The fourth-order valence-corrected chi connectivity index (χ4v) is 4.11. The zero-order valence-electron chi connectivity index (χ0n) is 14.5. The van der Waals surface area contributed by atoms with Crippen LogP contribution in [0.3, 0.4) is 0 Å². The summed E-state index contributed by atoms with van der Waals surface area (Å²) in [6.07, 6.45) is 3.45. The molecular weight excluding hydrogens is 387 g/mol. The third-order valence-electron chi connectivity index (χ3n) is 3.71. The van der Waals surface area contributed by atoms with E-state index in [-0.39, 0.29) is 17.5 Å². The molecule has 0 unspecified atom stereocenters. The quantitative estimate of drug-likeness (QED) is 0.680. The molecule has 140 valence electrons. The van der Waals surface area contributed by atoms with Crippen molar-refractivity contribution in [2.24, 2.45) is 0 Å². The number of nitrogens with one attached hydrogen (secondary N) is 1. The van der Waals surface area contributed by atoms with Crippen molar-refractivity contribution in [1.29, 1.82) is 0 Å². The van der Waals surface area contributed by atoms with Crippen molar-refractivity contribution in [2.45, 2.75) is 12.2 Å². The third kappa shape index (κ3) is 5.70. The molecule has 0 atom stereocenters. The summed E-state index contributed by atoms with van der Waals surface area (Å²) in [7, 11) is -3.11. The van der Waals surface area contributed by atoms with E-state index in [4.69, 9.17) is 0 Å². The Morgan fingerprint density at radius 2 is 1.70 bits per heavy atom. The van der Waals surface area contributed by atoms with Crippen LogP contribution in [0, 0.1) is 5.82 Å². The Hall–Kier alpha value is -2.58. The number of hydrogen-bond donors (Lipinski definition) is 1. The van der Waals surface area contributed by atoms with Crippen molar-refractivity contribution in [2.75, 3.05) is 11.6 Å². The lowest BCUT2D eigenvalue weighted by Crippen LogP contribution is -2.11. The second kappa shape index (κ2) is 7.98. The number of rotatable bonds is 6. The Balaban J connectivity index is 1.62. The Kier molecular flexibility index (Phi) is 5.67. The SMILES string of the molecule is CS(=O)(=O)Cc1ccc(C(=O)Nc2ncc(Cc3ccc(F)cc3)s2)cc1. The van der Waals surface area contributed by atoms with E-state index in [0.29, 0.717) is 22.7 Å². The number of benzene rings is 2. The summed E-state index contributed by atoms with van der Waals surface area (Å²) in [5.41, 5.74) is 2.01. The number of hydrogen-bond acceptors (Lipinski definition) is 5. The van der Waals surface area contributed by atoms with E-state index in [2.05, 4.69) is 10.3 Å². The summed E-state index contributed by atoms with van der Waals surface area (Å²) < 4.78 is 35.6. The first-order valence-electron chi connectivity index (χ1n) is 8.06. The standard InChI is InChI=1S/C19H17FN2O3S2/c1-27(24,25)12-14-2-6-15(7-3-14)18(23)22-19-21-11-17(26-19)10-13-4-8-16(20)9-5-13/h2-9,11H,10,12H2,1H3,(H,21,22,23). The Labute approximate surface area is 160 Å². The van der Waals surface area contributed by atoms with Gasteiger partial charge in [-0.15, -0.1) is 11.3 Å². The summed E-state index contributed by atoms with van der Waals surface area (Å²) in [6, 6.07) is 12.7. The van der Waals surface area contributed by atoms with Crippen molar-refractivity contribution < 1.29 is 17.6 Å². The van der Waals surface area contributed by atoms with E-state index in [1.54, 1.807) is 42.6 Å². The molecule has 0 saturated heterocycles. The molecule has 0 fully saturated rings. The maximum atomic E-state index is 13.0. The number of anilines is 1. The molecule has 5 nitrogen and oxygen atoms in total. The van der Waals surface area contributed by atoms with Crippen molar-refractivity contribution in [3.63, 3.8) is 0 Å². The number of halogens is 1. The molecule has 1 N–H and O–H groups in total. The third-order valence-corrected chi connectivity index (χ3v) is 5.48. The fraction of sp³-hybridized carbons (Fsp3) is 0.158. The zero-order chi connectivity index (χ0) is 19.4. The number of carbonyl (C=O) groups excluding carboxylic acids is 1. The van der Waals surface area contributed by atoms with E-state index in [0.717, 1.165) is 10.4 Å². The van der Waals surface area contributed by atoms with E-state index in [1.165, 1.54) is 29.7 Å². The number of aromatic nitrogens is 1. The van der Waals surface area contributed by atoms with Crippen LogP contribution >= 0.6 is 11.3 Å². The molecule has 0 aliphatic carbocycles. The summed E-state index contributed by atoms with van der Waals surface area (Å²) in [5, 5.41) is 3.20. The number of carbonyl (C=O) groups is 1. The smallest absolute Gasteiger partial charge is 0.257 e. The molecule has 0 saturated carbocycles. The van der Waals surface area contributed by atoms with Crippen LogP contribution in [0.25, 0.3) is 0 Å². The molecule has 1 aromatic heterocycles. The molecular formula is C19H17FN2O3S2. The highest BCUT2D eigenvalue weighted by atomic mass is 32.2.